The molecular formula is C23H22N2O4. The van der Waals surface area contributed by atoms with Crippen LogP contribution in [-0.4, -0.2) is 43.8 Å². The van der Waals surface area contributed by atoms with E-state index in [9.17, 15) is 4.79 Å². The minimum absolute atomic E-state index is 0.0933. The highest BCUT2D eigenvalue weighted by molar-refractivity contribution is 5.95. The molecule has 1 heterocycles. The number of terminal acetylenes is 2. The van der Waals surface area contributed by atoms with Gasteiger partial charge >= 0.3 is 0 Å². The van der Waals surface area contributed by atoms with Gasteiger partial charge in [0.2, 0.25) is 0 Å². The molecule has 148 valence electrons. The molecule has 0 bridgehead atoms. The molecule has 2 aromatic rings. The van der Waals surface area contributed by atoms with Gasteiger partial charge in [-0.05, 0) is 18.2 Å². The number of hydrogen-bond donors (Lipinski definition) is 1. The first-order valence-electron chi connectivity index (χ1n) is 9.18. The fraction of sp³-hybridized carbons (Fsp3) is 0.261. The molecule has 0 saturated heterocycles. The molecule has 0 unspecified atom stereocenters. The molecule has 2 aromatic carbocycles. The van der Waals surface area contributed by atoms with Crippen molar-refractivity contribution in [3.8, 4) is 41.9 Å². The summed E-state index contributed by atoms with van der Waals surface area (Å²) in [4.78, 5) is 14.7. The van der Waals surface area contributed by atoms with Crippen molar-refractivity contribution < 1.29 is 19.0 Å². The van der Waals surface area contributed by atoms with Crippen molar-refractivity contribution in [2.75, 3.05) is 33.0 Å². The summed E-state index contributed by atoms with van der Waals surface area (Å²) in [5.74, 6) is 6.36. The Balaban J connectivity index is 1.57. The van der Waals surface area contributed by atoms with Gasteiger partial charge in [-0.2, -0.15) is 0 Å². The molecule has 3 rings (SSSR count). The van der Waals surface area contributed by atoms with E-state index in [4.69, 9.17) is 27.1 Å². The lowest BCUT2D eigenvalue weighted by atomic mass is 10.1. The number of carbonyl (C=O) groups excluding carboxylic acids is 1. The highest BCUT2D eigenvalue weighted by Gasteiger charge is 2.17. The van der Waals surface area contributed by atoms with E-state index in [0.717, 1.165) is 17.9 Å². The van der Waals surface area contributed by atoms with Gasteiger partial charge in [-0.1, -0.05) is 30.0 Å². The topological polar surface area (TPSA) is 60.0 Å². The van der Waals surface area contributed by atoms with Crippen LogP contribution in [0.4, 0.5) is 0 Å². The van der Waals surface area contributed by atoms with Crippen LogP contribution in [0.2, 0.25) is 0 Å². The zero-order valence-electron chi connectivity index (χ0n) is 16.0. The van der Waals surface area contributed by atoms with Crippen LogP contribution in [0.15, 0.2) is 42.5 Å². The molecule has 0 spiro atoms. The molecule has 1 amide bonds. The Morgan fingerprint density at radius 3 is 2.48 bits per heavy atom. The van der Waals surface area contributed by atoms with Gasteiger partial charge in [-0.3, -0.25) is 9.69 Å². The van der Waals surface area contributed by atoms with E-state index in [1.807, 2.05) is 24.3 Å². The number of ether oxygens (including phenoxy) is 3. The van der Waals surface area contributed by atoms with Crippen LogP contribution in [-0.2, 0) is 6.54 Å². The van der Waals surface area contributed by atoms with Gasteiger partial charge < -0.3 is 19.5 Å². The van der Waals surface area contributed by atoms with Gasteiger partial charge in [-0.15, -0.1) is 12.8 Å². The SMILES string of the molecule is C#CCOc1cc(OCC#C)cc(C(=O)NCCN2COc3ccccc3C2)c1. The molecule has 0 radical (unpaired) electrons. The maximum Gasteiger partial charge on any atom is 0.251 e. The van der Waals surface area contributed by atoms with Crippen molar-refractivity contribution in [1.82, 2.24) is 10.2 Å². The third-order valence-electron chi connectivity index (χ3n) is 4.27. The zero-order valence-corrected chi connectivity index (χ0v) is 16.0. The number of fused-ring (bicyclic) bond motifs is 1. The minimum Gasteiger partial charge on any atom is -0.481 e. The molecule has 0 aromatic heterocycles. The largest absolute Gasteiger partial charge is 0.481 e. The molecule has 0 saturated carbocycles. The first-order valence-corrected chi connectivity index (χ1v) is 9.18. The maximum atomic E-state index is 12.6. The number of hydrogen-bond acceptors (Lipinski definition) is 5. The van der Waals surface area contributed by atoms with Crippen LogP contribution in [0.3, 0.4) is 0 Å². The summed E-state index contributed by atoms with van der Waals surface area (Å²) < 4.78 is 16.6. The number of rotatable bonds is 8. The Morgan fingerprint density at radius 2 is 1.79 bits per heavy atom. The molecule has 0 aliphatic carbocycles. The smallest absolute Gasteiger partial charge is 0.251 e. The molecule has 6 heteroatoms. The second-order valence-corrected chi connectivity index (χ2v) is 6.37. The second-order valence-electron chi connectivity index (χ2n) is 6.37. The van der Waals surface area contributed by atoms with Crippen LogP contribution in [0.25, 0.3) is 0 Å². The average Bonchev–Trinajstić information content (AvgIpc) is 2.76. The summed E-state index contributed by atoms with van der Waals surface area (Å²) in [5, 5.41) is 2.91. The van der Waals surface area contributed by atoms with Gasteiger partial charge in [0.25, 0.3) is 5.91 Å². The third-order valence-corrected chi connectivity index (χ3v) is 4.27. The molecule has 29 heavy (non-hydrogen) atoms. The lowest BCUT2D eigenvalue weighted by molar-refractivity contribution is 0.0869. The number of benzene rings is 2. The van der Waals surface area contributed by atoms with E-state index in [-0.39, 0.29) is 19.1 Å². The van der Waals surface area contributed by atoms with Crippen LogP contribution in [0.5, 0.6) is 17.2 Å². The first kappa shape index (κ1) is 20.1. The van der Waals surface area contributed by atoms with Gasteiger partial charge in [0.05, 0.1) is 0 Å². The van der Waals surface area contributed by atoms with Crippen molar-refractivity contribution in [3.05, 3.63) is 53.6 Å². The highest BCUT2D eigenvalue weighted by Crippen LogP contribution is 2.24. The van der Waals surface area contributed by atoms with E-state index < -0.39 is 0 Å². The van der Waals surface area contributed by atoms with Crippen LogP contribution >= 0.6 is 0 Å². The Hall–Kier alpha value is -3.61. The predicted octanol–water partition coefficient (Wildman–Crippen LogP) is 2.29. The Bertz CT molecular complexity index is 906. The maximum absolute atomic E-state index is 12.6. The van der Waals surface area contributed by atoms with Gasteiger partial charge in [0.1, 0.15) is 37.2 Å². The van der Waals surface area contributed by atoms with Gasteiger partial charge in [0, 0.05) is 36.8 Å². The summed E-state index contributed by atoms with van der Waals surface area (Å²) in [5.41, 5.74) is 1.55. The van der Waals surface area contributed by atoms with Crippen molar-refractivity contribution in [1.29, 1.82) is 0 Å². The fourth-order valence-corrected chi connectivity index (χ4v) is 2.92. The molecule has 1 aliphatic rings. The summed E-state index contributed by atoms with van der Waals surface area (Å²) in [6, 6.07) is 12.8. The predicted molar refractivity (Wildman–Crippen MR) is 110 cm³/mol. The van der Waals surface area contributed by atoms with Crippen LogP contribution in [0.1, 0.15) is 15.9 Å². The number of para-hydroxylation sites is 1. The van der Waals surface area contributed by atoms with E-state index in [0.29, 0.717) is 36.9 Å². The normalized spacial score (nSPS) is 12.6. The minimum atomic E-state index is -0.236. The molecule has 0 atom stereocenters. The zero-order chi connectivity index (χ0) is 20.5. The average molecular weight is 390 g/mol. The third kappa shape index (κ3) is 5.68. The monoisotopic (exact) mass is 390 g/mol. The Kier molecular flexibility index (Phi) is 7.00. The van der Waals surface area contributed by atoms with Crippen LogP contribution in [0, 0.1) is 24.7 Å². The van der Waals surface area contributed by atoms with Crippen molar-refractivity contribution in [2.45, 2.75) is 6.54 Å². The van der Waals surface area contributed by atoms with Crippen molar-refractivity contribution in [2.24, 2.45) is 0 Å². The summed E-state index contributed by atoms with van der Waals surface area (Å²) in [7, 11) is 0. The first-order chi connectivity index (χ1) is 14.2. The molecule has 6 nitrogen and oxygen atoms in total. The van der Waals surface area contributed by atoms with E-state index in [1.54, 1.807) is 18.2 Å². The van der Waals surface area contributed by atoms with Gasteiger partial charge in [-0.25, -0.2) is 0 Å². The summed E-state index contributed by atoms with van der Waals surface area (Å²) in [6.45, 7) is 2.60. The number of amides is 1. The standard InChI is InChI=1S/C23H22N2O4/c1-3-11-27-20-13-19(14-21(15-20)28-12-4-2)23(26)24-9-10-25-16-18-7-5-6-8-22(18)29-17-25/h1-2,5-8,13-15H,9-12,16-17H2,(H,24,26). The summed E-state index contributed by atoms with van der Waals surface area (Å²) >= 11 is 0. The lowest BCUT2D eigenvalue weighted by Gasteiger charge is -2.28. The van der Waals surface area contributed by atoms with Crippen LogP contribution < -0.4 is 19.5 Å². The molecular weight excluding hydrogens is 368 g/mol. The van der Waals surface area contributed by atoms with E-state index in [1.165, 1.54) is 0 Å². The summed E-state index contributed by atoms with van der Waals surface area (Å²) in [6.07, 6.45) is 10.5. The number of nitrogens with one attached hydrogen (secondary N) is 1. The molecule has 0 fully saturated rings. The van der Waals surface area contributed by atoms with Crippen molar-refractivity contribution >= 4 is 5.91 Å². The van der Waals surface area contributed by atoms with E-state index >= 15 is 0 Å². The highest BCUT2D eigenvalue weighted by atomic mass is 16.5. The lowest BCUT2D eigenvalue weighted by Crippen LogP contribution is -2.38. The quantitative estimate of drug-likeness (QED) is 0.701. The Labute approximate surface area is 170 Å². The second kappa shape index (κ2) is 10.1. The fourth-order valence-electron chi connectivity index (χ4n) is 2.92. The van der Waals surface area contributed by atoms with E-state index in [2.05, 4.69) is 22.1 Å². The van der Waals surface area contributed by atoms with Crippen molar-refractivity contribution in [3.63, 3.8) is 0 Å². The van der Waals surface area contributed by atoms with Gasteiger partial charge in [0.15, 0.2) is 0 Å². The number of nitrogens with zero attached hydrogens (tertiary/aromatic N) is 1. The molecule has 1 N–H and O–H groups in total. The number of carbonyl (C=O) groups is 1. The molecule has 1 aliphatic heterocycles. The Morgan fingerprint density at radius 1 is 1.10 bits per heavy atom.